The van der Waals surface area contributed by atoms with E-state index in [0.717, 1.165) is 36.6 Å². The lowest BCUT2D eigenvalue weighted by Crippen LogP contribution is -2.53. The number of aliphatic hydroxyl groups excluding tert-OH is 1. The molecule has 2 aliphatic rings. The van der Waals surface area contributed by atoms with Crippen LogP contribution < -0.4 is 9.47 Å². The molecule has 4 rings (SSSR count). The molecule has 0 aromatic heterocycles. The fourth-order valence-corrected chi connectivity index (χ4v) is 4.57. The van der Waals surface area contributed by atoms with Crippen LogP contribution in [0.4, 0.5) is 0 Å². The first-order valence-electron chi connectivity index (χ1n) is 10.8. The summed E-state index contributed by atoms with van der Waals surface area (Å²) in [5.74, 6) is 1.52. The van der Waals surface area contributed by atoms with Crippen molar-refractivity contribution in [2.45, 2.75) is 64.1 Å². The molecule has 0 bridgehead atoms. The quantitative estimate of drug-likeness (QED) is 0.802. The number of piperidine rings is 1. The van der Waals surface area contributed by atoms with Crippen LogP contribution in [0.15, 0.2) is 42.5 Å². The van der Waals surface area contributed by atoms with Crippen molar-refractivity contribution in [3.63, 3.8) is 0 Å². The van der Waals surface area contributed by atoms with E-state index in [1.54, 1.807) is 7.11 Å². The van der Waals surface area contributed by atoms with Gasteiger partial charge in [0.2, 0.25) is 0 Å². The Morgan fingerprint density at radius 2 is 1.87 bits per heavy atom. The maximum atomic E-state index is 10.8. The van der Waals surface area contributed by atoms with Crippen LogP contribution in [0.2, 0.25) is 0 Å². The van der Waals surface area contributed by atoms with Crippen LogP contribution in [0.25, 0.3) is 0 Å². The smallest absolute Gasteiger partial charge is 0.161 e. The van der Waals surface area contributed by atoms with Crippen LogP contribution in [0.3, 0.4) is 0 Å². The standard InChI is InChI=1S/C25H33NO4/c1-25(2,3)30-24-15-26-11-10-18-12-23(29-16-17-8-6-5-7-9-17)22(28-4)13-19(18)20(26)14-21(24)27/h5-9,12-13,20-21,24,27H,10-11,14-16H2,1-4H3/t20-,21+,24-/m0/s1. The average molecular weight is 412 g/mol. The summed E-state index contributed by atoms with van der Waals surface area (Å²) in [7, 11) is 1.68. The molecule has 162 valence electrons. The van der Waals surface area contributed by atoms with E-state index < -0.39 is 6.10 Å². The predicted molar refractivity (Wildman–Crippen MR) is 117 cm³/mol. The lowest BCUT2D eigenvalue weighted by atomic mass is 9.84. The van der Waals surface area contributed by atoms with Gasteiger partial charge in [0.1, 0.15) is 6.61 Å². The van der Waals surface area contributed by atoms with E-state index in [2.05, 4.69) is 29.2 Å². The molecule has 2 aromatic carbocycles. The minimum absolute atomic E-state index is 0.154. The summed E-state index contributed by atoms with van der Waals surface area (Å²) in [6.45, 7) is 8.34. The fraction of sp³-hybridized carbons (Fsp3) is 0.520. The van der Waals surface area contributed by atoms with Crippen molar-refractivity contribution in [3.05, 3.63) is 59.2 Å². The van der Waals surface area contributed by atoms with Gasteiger partial charge >= 0.3 is 0 Å². The normalized spacial score (nSPS) is 24.1. The van der Waals surface area contributed by atoms with E-state index >= 15 is 0 Å². The van der Waals surface area contributed by atoms with Crippen molar-refractivity contribution in [1.82, 2.24) is 4.90 Å². The molecule has 0 amide bonds. The van der Waals surface area contributed by atoms with Gasteiger partial charge in [0.05, 0.1) is 24.9 Å². The second-order valence-corrected chi connectivity index (χ2v) is 9.31. The second kappa shape index (κ2) is 8.58. The minimum atomic E-state index is -0.476. The Morgan fingerprint density at radius 1 is 1.10 bits per heavy atom. The topological polar surface area (TPSA) is 51.2 Å². The Bertz CT molecular complexity index is 861. The van der Waals surface area contributed by atoms with Gasteiger partial charge in [0.25, 0.3) is 0 Å². The molecule has 1 N–H and O–H groups in total. The molecule has 0 saturated carbocycles. The van der Waals surface area contributed by atoms with Crippen molar-refractivity contribution >= 4 is 0 Å². The van der Waals surface area contributed by atoms with Crippen LogP contribution in [-0.2, 0) is 17.8 Å². The molecule has 2 aromatic rings. The van der Waals surface area contributed by atoms with Gasteiger partial charge < -0.3 is 19.3 Å². The highest BCUT2D eigenvalue weighted by molar-refractivity contribution is 5.50. The third-order valence-electron chi connectivity index (χ3n) is 5.94. The Hall–Kier alpha value is -2.08. The summed E-state index contributed by atoms with van der Waals surface area (Å²) < 4.78 is 17.9. The summed E-state index contributed by atoms with van der Waals surface area (Å²) in [5.41, 5.74) is 3.38. The zero-order valence-corrected chi connectivity index (χ0v) is 18.4. The van der Waals surface area contributed by atoms with Crippen LogP contribution in [0, 0.1) is 0 Å². The number of benzene rings is 2. The van der Waals surface area contributed by atoms with E-state index in [4.69, 9.17) is 14.2 Å². The first kappa shape index (κ1) is 21.2. The van der Waals surface area contributed by atoms with Crippen molar-refractivity contribution in [3.8, 4) is 11.5 Å². The van der Waals surface area contributed by atoms with Gasteiger partial charge in [0, 0.05) is 19.1 Å². The highest BCUT2D eigenvalue weighted by Gasteiger charge is 2.40. The third kappa shape index (κ3) is 4.64. The Balaban J connectivity index is 1.53. The summed E-state index contributed by atoms with van der Waals surface area (Å²) in [4.78, 5) is 2.44. The maximum absolute atomic E-state index is 10.8. The molecule has 2 aliphatic heterocycles. The van der Waals surface area contributed by atoms with Crippen molar-refractivity contribution in [1.29, 1.82) is 0 Å². The molecule has 5 nitrogen and oxygen atoms in total. The molecule has 0 spiro atoms. The van der Waals surface area contributed by atoms with Crippen molar-refractivity contribution in [2.75, 3.05) is 20.2 Å². The number of fused-ring (bicyclic) bond motifs is 3. The first-order chi connectivity index (χ1) is 14.3. The molecule has 0 unspecified atom stereocenters. The molecule has 1 saturated heterocycles. The van der Waals surface area contributed by atoms with Crippen molar-refractivity contribution < 1.29 is 19.3 Å². The monoisotopic (exact) mass is 411 g/mol. The number of hydrogen-bond donors (Lipinski definition) is 1. The number of ether oxygens (including phenoxy) is 3. The number of aliphatic hydroxyl groups is 1. The molecule has 5 heteroatoms. The fourth-order valence-electron chi connectivity index (χ4n) is 4.57. The van der Waals surface area contributed by atoms with Gasteiger partial charge in [-0.1, -0.05) is 30.3 Å². The lowest BCUT2D eigenvalue weighted by molar-refractivity contribution is -0.149. The average Bonchev–Trinajstić information content (AvgIpc) is 2.72. The number of rotatable bonds is 5. The molecule has 1 fully saturated rings. The Kier molecular flexibility index (Phi) is 6.05. The summed E-state index contributed by atoms with van der Waals surface area (Å²) >= 11 is 0. The number of methoxy groups -OCH3 is 1. The largest absolute Gasteiger partial charge is 0.493 e. The van der Waals surface area contributed by atoms with Gasteiger partial charge in [-0.05, 0) is 62.4 Å². The Labute approximate surface area is 179 Å². The van der Waals surface area contributed by atoms with E-state index in [1.807, 2.05) is 39.0 Å². The van der Waals surface area contributed by atoms with Gasteiger partial charge in [-0.3, -0.25) is 4.90 Å². The summed E-state index contributed by atoms with van der Waals surface area (Å²) in [6.07, 6.45) is 0.992. The minimum Gasteiger partial charge on any atom is -0.493 e. The van der Waals surface area contributed by atoms with Gasteiger partial charge in [-0.15, -0.1) is 0 Å². The van der Waals surface area contributed by atoms with Gasteiger partial charge in [0.15, 0.2) is 11.5 Å². The zero-order valence-electron chi connectivity index (χ0n) is 18.4. The number of hydrogen-bond acceptors (Lipinski definition) is 5. The van der Waals surface area contributed by atoms with Crippen LogP contribution in [-0.4, -0.2) is 48.0 Å². The molecule has 2 heterocycles. The predicted octanol–water partition coefficient (Wildman–Crippen LogP) is 4.12. The third-order valence-corrected chi connectivity index (χ3v) is 5.94. The molecular formula is C25H33NO4. The maximum Gasteiger partial charge on any atom is 0.161 e. The highest BCUT2D eigenvalue weighted by atomic mass is 16.5. The molecule has 3 atom stereocenters. The molecule has 30 heavy (non-hydrogen) atoms. The van der Waals surface area contributed by atoms with Gasteiger partial charge in [-0.25, -0.2) is 0 Å². The SMILES string of the molecule is COc1cc2c(cc1OCc1ccccc1)CCN1C[C@H](OC(C)(C)C)[C@H](O)C[C@@H]21. The molecular weight excluding hydrogens is 378 g/mol. The van der Waals surface area contributed by atoms with E-state index in [9.17, 15) is 5.11 Å². The first-order valence-corrected chi connectivity index (χ1v) is 10.8. The van der Waals surface area contributed by atoms with Crippen LogP contribution >= 0.6 is 0 Å². The van der Waals surface area contributed by atoms with E-state index in [0.29, 0.717) is 13.0 Å². The lowest BCUT2D eigenvalue weighted by Gasteiger charge is -2.46. The summed E-state index contributed by atoms with van der Waals surface area (Å²) in [6, 6.07) is 14.6. The van der Waals surface area contributed by atoms with Gasteiger partial charge in [-0.2, -0.15) is 0 Å². The van der Waals surface area contributed by atoms with Crippen LogP contribution in [0.1, 0.15) is 49.9 Å². The molecule has 0 radical (unpaired) electrons. The van der Waals surface area contributed by atoms with E-state index in [1.165, 1.54) is 11.1 Å². The van der Waals surface area contributed by atoms with E-state index in [-0.39, 0.29) is 17.7 Å². The van der Waals surface area contributed by atoms with Crippen LogP contribution in [0.5, 0.6) is 11.5 Å². The highest BCUT2D eigenvalue weighted by Crippen LogP contribution is 2.42. The van der Waals surface area contributed by atoms with Crippen molar-refractivity contribution in [2.24, 2.45) is 0 Å². The second-order valence-electron chi connectivity index (χ2n) is 9.31. The summed E-state index contributed by atoms with van der Waals surface area (Å²) in [5, 5.41) is 10.8. The zero-order chi connectivity index (χ0) is 21.3. The molecule has 0 aliphatic carbocycles. The Morgan fingerprint density at radius 3 is 2.57 bits per heavy atom. The number of nitrogens with zero attached hydrogens (tertiary/aromatic N) is 1.